The minimum Gasteiger partial charge on any atom is -0.357 e. The molecule has 0 aromatic rings. The summed E-state index contributed by atoms with van der Waals surface area (Å²) in [6.07, 6.45) is 4.63. The summed E-state index contributed by atoms with van der Waals surface area (Å²) in [6, 6.07) is 0. The topological polar surface area (TPSA) is 36.4 Å². The van der Waals surface area contributed by atoms with Crippen LogP contribution in [0.25, 0.3) is 0 Å². The van der Waals surface area contributed by atoms with E-state index in [2.05, 4.69) is 28.8 Å². The van der Waals surface area contributed by atoms with Crippen molar-refractivity contribution in [3.8, 4) is 0 Å². The molecule has 14 heavy (non-hydrogen) atoms. The van der Waals surface area contributed by atoms with Crippen molar-refractivity contribution in [2.45, 2.75) is 19.8 Å². The second-order valence-electron chi connectivity index (χ2n) is 2.73. The van der Waals surface area contributed by atoms with Gasteiger partial charge in [0.05, 0.1) is 0 Å². The lowest BCUT2D eigenvalue weighted by Crippen LogP contribution is -2.37. The Hall–Kier alpha value is 0.350. The Balaban J connectivity index is 0. The molecule has 5 heteroatoms. The molecule has 0 aromatic carbocycles. The minimum absolute atomic E-state index is 0. The van der Waals surface area contributed by atoms with E-state index in [0.29, 0.717) is 0 Å². The van der Waals surface area contributed by atoms with Gasteiger partial charge in [0.25, 0.3) is 0 Å². The SMILES string of the molecule is CCNC(=NC)NCCCCSC.I. The molecular formula is C9H22IN3S. The highest BCUT2D eigenvalue weighted by atomic mass is 127. The van der Waals surface area contributed by atoms with Crippen LogP contribution in [0.15, 0.2) is 4.99 Å². The van der Waals surface area contributed by atoms with Crippen molar-refractivity contribution in [1.82, 2.24) is 10.6 Å². The van der Waals surface area contributed by atoms with Gasteiger partial charge in [0.1, 0.15) is 0 Å². The maximum Gasteiger partial charge on any atom is 0.190 e. The molecule has 0 fully saturated rings. The molecule has 3 nitrogen and oxygen atoms in total. The van der Waals surface area contributed by atoms with Crippen LogP contribution >= 0.6 is 35.7 Å². The molecule has 86 valence electrons. The van der Waals surface area contributed by atoms with Crippen LogP contribution in [0.5, 0.6) is 0 Å². The average Bonchev–Trinajstić information content (AvgIpc) is 2.16. The molecule has 0 saturated carbocycles. The predicted octanol–water partition coefficient (Wildman–Crippen LogP) is 1.93. The van der Waals surface area contributed by atoms with E-state index in [1.807, 2.05) is 11.8 Å². The molecule has 0 aromatic heterocycles. The third-order valence-corrected chi connectivity index (χ3v) is 2.33. The Bertz CT molecular complexity index is 142. The minimum atomic E-state index is 0. The zero-order valence-electron chi connectivity index (χ0n) is 9.30. The van der Waals surface area contributed by atoms with Gasteiger partial charge in [-0.2, -0.15) is 11.8 Å². The molecule has 0 aliphatic rings. The van der Waals surface area contributed by atoms with Crippen LogP contribution in [-0.2, 0) is 0 Å². The Kier molecular flexibility index (Phi) is 16.0. The molecule has 0 saturated heterocycles. The van der Waals surface area contributed by atoms with Gasteiger partial charge in [0.15, 0.2) is 5.96 Å². The first kappa shape index (κ1) is 16.8. The fourth-order valence-electron chi connectivity index (χ4n) is 0.966. The molecule has 0 spiro atoms. The highest BCUT2D eigenvalue weighted by molar-refractivity contribution is 14.0. The monoisotopic (exact) mass is 331 g/mol. The largest absolute Gasteiger partial charge is 0.357 e. The fourth-order valence-corrected chi connectivity index (χ4v) is 1.46. The Morgan fingerprint density at radius 2 is 2.00 bits per heavy atom. The van der Waals surface area contributed by atoms with Crippen molar-refractivity contribution in [3.05, 3.63) is 0 Å². The van der Waals surface area contributed by atoms with Crippen molar-refractivity contribution < 1.29 is 0 Å². The number of guanidine groups is 1. The summed E-state index contributed by atoms with van der Waals surface area (Å²) in [7, 11) is 1.80. The Labute approximate surface area is 109 Å². The molecule has 2 N–H and O–H groups in total. The molecular weight excluding hydrogens is 309 g/mol. The first-order chi connectivity index (χ1) is 6.35. The van der Waals surface area contributed by atoms with Gasteiger partial charge in [0.2, 0.25) is 0 Å². The quantitative estimate of drug-likeness (QED) is 0.338. The van der Waals surface area contributed by atoms with Gasteiger partial charge in [0, 0.05) is 20.1 Å². The highest BCUT2D eigenvalue weighted by Crippen LogP contribution is 1.97. The van der Waals surface area contributed by atoms with Gasteiger partial charge in [-0.05, 0) is 31.8 Å². The number of hydrogen-bond acceptors (Lipinski definition) is 2. The molecule has 0 unspecified atom stereocenters. The van der Waals surface area contributed by atoms with E-state index in [9.17, 15) is 0 Å². The van der Waals surface area contributed by atoms with E-state index >= 15 is 0 Å². The van der Waals surface area contributed by atoms with Crippen molar-refractivity contribution in [3.63, 3.8) is 0 Å². The molecule has 0 amide bonds. The second-order valence-corrected chi connectivity index (χ2v) is 3.71. The summed E-state index contributed by atoms with van der Waals surface area (Å²) in [6.45, 7) is 4.01. The van der Waals surface area contributed by atoms with Gasteiger partial charge in [-0.1, -0.05) is 0 Å². The summed E-state index contributed by atoms with van der Waals surface area (Å²) >= 11 is 1.90. The van der Waals surface area contributed by atoms with Crippen molar-refractivity contribution in [1.29, 1.82) is 0 Å². The maximum absolute atomic E-state index is 4.08. The first-order valence-corrected chi connectivity index (χ1v) is 6.18. The van der Waals surface area contributed by atoms with Gasteiger partial charge in [-0.3, -0.25) is 4.99 Å². The van der Waals surface area contributed by atoms with E-state index in [-0.39, 0.29) is 24.0 Å². The number of nitrogens with zero attached hydrogens (tertiary/aromatic N) is 1. The number of thioether (sulfide) groups is 1. The van der Waals surface area contributed by atoms with Gasteiger partial charge < -0.3 is 10.6 Å². The van der Waals surface area contributed by atoms with E-state index in [4.69, 9.17) is 0 Å². The lowest BCUT2D eigenvalue weighted by Gasteiger charge is -2.09. The van der Waals surface area contributed by atoms with E-state index in [1.165, 1.54) is 18.6 Å². The van der Waals surface area contributed by atoms with Crippen LogP contribution in [0.4, 0.5) is 0 Å². The van der Waals surface area contributed by atoms with Gasteiger partial charge >= 0.3 is 0 Å². The molecule has 0 bridgehead atoms. The third kappa shape index (κ3) is 10.4. The molecule has 0 rings (SSSR count). The molecule has 0 heterocycles. The number of nitrogens with one attached hydrogen (secondary N) is 2. The van der Waals surface area contributed by atoms with Crippen molar-refractivity contribution >= 4 is 41.7 Å². The average molecular weight is 331 g/mol. The summed E-state index contributed by atoms with van der Waals surface area (Å²) in [4.78, 5) is 4.08. The Morgan fingerprint density at radius 1 is 1.29 bits per heavy atom. The van der Waals surface area contributed by atoms with Gasteiger partial charge in [-0.15, -0.1) is 24.0 Å². The smallest absolute Gasteiger partial charge is 0.190 e. The zero-order valence-corrected chi connectivity index (χ0v) is 12.4. The third-order valence-electron chi connectivity index (χ3n) is 1.64. The molecule has 0 atom stereocenters. The summed E-state index contributed by atoms with van der Waals surface area (Å²) in [5.74, 6) is 2.16. The van der Waals surface area contributed by atoms with E-state index < -0.39 is 0 Å². The van der Waals surface area contributed by atoms with E-state index in [0.717, 1.165) is 19.0 Å². The van der Waals surface area contributed by atoms with Crippen LogP contribution in [0, 0.1) is 0 Å². The number of aliphatic imine (C=N–C) groups is 1. The molecule has 0 aliphatic heterocycles. The second kappa shape index (κ2) is 13.4. The van der Waals surface area contributed by atoms with Crippen LogP contribution in [0.1, 0.15) is 19.8 Å². The summed E-state index contributed by atoms with van der Waals surface area (Å²) < 4.78 is 0. The predicted molar refractivity (Wildman–Crippen MR) is 78.1 cm³/mol. The highest BCUT2D eigenvalue weighted by Gasteiger charge is 1.93. The normalized spacial score (nSPS) is 10.6. The zero-order chi connectivity index (χ0) is 9.94. The molecule has 0 radical (unpaired) electrons. The Morgan fingerprint density at radius 3 is 2.50 bits per heavy atom. The number of halogens is 1. The maximum atomic E-state index is 4.08. The first-order valence-electron chi connectivity index (χ1n) is 4.78. The van der Waals surface area contributed by atoms with Crippen LogP contribution in [-0.4, -0.2) is 38.1 Å². The van der Waals surface area contributed by atoms with Gasteiger partial charge in [-0.25, -0.2) is 0 Å². The van der Waals surface area contributed by atoms with Crippen LogP contribution in [0.3, 0.4) is 0 Å². The van der Waals surface area contributed by atoms with Crippen molar-refractivity contribution in [2.75, 3.05) is 32.1 Å². The van der Waals surface area contributed by atoms with Crippen molar-refractivity contribution in [2.24, 2.45) is 4.99 Å². The number of hydrogen-bond donors (Lipinski definition) is 2. The lowest BCUT2D eigenvalue weighted by atomic mass is 10.3. The number of unbranched alkanes of at least 4 members (excludes halogenated alkanes) is 1. The standard InChI is InChI=1S/C9H21N3S.HI/c1-4-11-9(10-2)12-7-5-6-8-13-3;/h4-8H2,1-3H3,(H2,10,11,12);1H. The summed E-state index contributed by atoms with van der Waals surface area (Å²) in [5.41, 5.74) is 0. The lowest BCUT2D eigenvalue weighted by molar-refractivity contribution is 0.738. The van der Waals surface area contributed by atoms with Crippen LogP contribution in [0.2, 0.25) is 0 Å². The number of rotatable bonds is 6. The van der Waals surface area contributed by atoms with E-state index in [1.54, 1.807) is 7.05 Å². The fraction of sp³-hybridized carbons (Fsp3) is 0.889. The van der Waals surface area contributed by atoms with Crippen LogP contribution < -0.4 is 10.6 Å². The summed E-state index contributed by atoms with van der Waals surface area (Å²) in [5, 5.41) is 6.42. The molecule has 0 aliphatic carbocycles.